The van der Waals surface area contributed by atoms with E-state index in [9.17, 15) is 0 Å². The van der Waals surface area contributed by atoms with Crippen molar-refractivity contribution in [3.8, 4) is 0 Å². The van der Waals surface area contributed by atoms with Crippen molar-refractivity contribution in [1.82, 2.24) is 10.3 Å². The van der Waals surface area contributed by atoms with E-state index in [4.69, 9.17) is 0 Å². The van der Waals surface area contributed by atoms with E-state index in [0.29, 0.717) is 0 Å². The van der Waals surface area contributed by atoms with Crippen molar-refractivity contribution < 1.29 is 0 Å². The molecule has 1 aromatic carbocycles. The molecule has 2 nitrogen and oxygen atoms in total. The topological polar surface area (TPSA) is 27.8 Å². The van der Waals surface area contributed by atoms with Gasteiger partial charge in [0, 0.05) is 23.1 Å². The van der Waals surface area contributed by atoms with Gasteiger partial charge in [-0.25, -0.2) is 0 Å². The van der Waals surface area contributed by atoms with Crippen LogP contribution in [0.15, 0.2) is 18.2 Å². The highest BCUT2D eigenvalue weighted by Crippen LogP contribution is 2.25. The third kappa shape index (κ3) is 2.94. The van der Waals surface area contributed by atoms with Gasteiger partial charge in [-0.05, 0) is 37.6 Å². The van der Waals surface area contributed by atoms with Crippen molar-refractivity contribution in [3.63, 3.8) is 0 Å². The summed E-state index contributed by atoms with van der Waals surface area (Å²) in [6.07, 6.45) is 1.15. The lowest BCUT2D eigenvalue weighted by Crippen LogP contribution is -2.22. The predicted octanol–water partition coefficient (Wildman–Crippen LogP) is 4.17. The van der Waals surface area contributed by atoms with Gasteiger partial charge in [0.2, 0.25) is 0 Å². The maximum absolute atomic E-state index is 3.48. The molecule has 0 atom stereocenters. The Morgan fingerprint density at radius 1 is 1.06 bits per heavy atom. The van der Waals surface area contributed by atoms with Gasteiger partial charge in [0.15, 0.2) is 0 Å². The maximum Gasteiger partial charge on any atom is 0.0459 e. The molecule has 0 unspecified atom stereocenters. The van der Waals surface area contributed by atoms with Gasteiger partial charge in [-0.1, -0.05) is 39.3 Å². The van der Waals surface area contributed by atoms with E-state index >= 15 is 0 Å². The van der Waals surface area contributed by atoms with Crippen LogP contribution in [0.5, 0.6) is 0 Å². The number of rotatable bonds is 0. The number of aromatic nitrogens is 1. The second-order valence-electron chi connectivity index (χ2n) is 4.06. The summed E-state index contributed by atoms with van der Waals surface area (Å²) in [5.41, 5.74) is 5.52. The summed E-state index contributed by atoms with van der Waals surface area (Å²) in [6.45, 7) is 12.2. The number of hydrogen-bond acceptors (Lipinski definition) is 1. The Kier molecular flexibility index (Phi) is 5.93. The summed E-state index contributed by atoms with van der Waals surface area (Å²) in [5.74, 6) is 0. The smallest absolute Gasteiger partial charge is 0.0459 e. The van der Waals surface area contributed by atoms with Crippen LogP contribution in [0.4, 0.5) is 0 Å². The molecule has 3 rings (SSSR count). The molecule has 0 aliphatic carbocycles. The molecule has 2 heterocycles. The summed E-state index contributed by atoms with van der Waals surface area (Å²) in [7, 11) is 0. The molecule has 0 amide bonds. The maximum atomic E-state index is 3.48. The quantitative estimate of drug-likeness (QED) is 0.717. The van der Waals surface area contributed by atoms with Crippen molar-refractivity contribution in [2.24, 2.45) is 0 Å². The van der Waals surface area contributed by atoms with Crippen molar-refractivity contribution in [3.05, 3.63) is 35.0 Å². The van der Waals surface area contributed by atoms with Gasteiger partial charge in [-0.15, -0.1) is 0 Å². The van der Waals surface area contributed by atoms with Gasteiger partial charge in [-0.2, -0.15) is 0 Å². The van der Waals surface area contributed by atoms with Crippen LogP contribution in [0.3, 0.4) is 0 Å². The standard InChI is InChI=1S/C12H14N2.2C2H6/c1-8-2-3-11-10(6-8)9-4-5-13-7-12(9)14-11;2*1-2/h2-3,6,13-14H,4-5,7H2,1H3;2*1-2H3. The lowest BCUT2D eigenvalue weighted by atomic mass is 10.0. The van der Waals surface area contributed by atoms with Crippen LogP contribution in [0, 0.1) is 6.92 Å². The molecule has 100 valence electrons. The van der Waals surface area contributed by atoms with Crippen LogP contribution < -0.4 is 5.32 Å². The molecule has 1 aliphatic heterocycles. The molecule has 0 saturated carbocycles. The fourth-order valence-corrected chi connectivity index (χ4v) is 2.28. The first-order valence-corrected chi connectivity index (χ1v) is 7.15. The van der Waals surface area contributed by atoms with Crippen molar-refractivity contribution >= 4 is 10.9 Å². The van der Waals surface area contributed by atoms with Crippen LogP contribution in [-0.2, 0) is 13.0 Å². The van der Waals surface area contributed by atoms with Crippen molar-refractivity contribution in [2.75, 3.05) is 6.54 Å². The number of H-pyrrole nitrogens is 1. The monoisotopic (exact) mass is 246 g/mol. The largest absolute Gasteiger partial charge is 0.357 e. The highest BCUT2D eigenvalue weighted by atomic mass is 14.9. The minimum Gasteiger partial charge on any atom is -0.357 e. The fraction of sp³-hybridized carbons (Fsp3) is 0.500. The second kappa shape index (κ2) is 7.22. The first-order chi connectivity index (χ1) is 8.84. The summed E-state index contributed by atoms with van der Waals surface area (Å²) >= 11 is 0. The van der Waals surface area contributed by atoms with Crippen LogP contribution in [0.2, 0.25) is 0 Å². The Hall–Kier alpha value is -1.28. The molecule has 0 bridgehead atoms. The molecule has 2 heteroatoms. The summed E-state index contributed by atoms with van der Waals surface area (Å²) in [4.78, 5) is 3.48. The number of nitrogens with one attached hydrogen (secondary N) is 2. The number of hydrogen-bond donors (Lipinski definition) is 2. The third-order valence-electron chi connectivity index (χ3n) is 3.00. The SMILES string of the molecule is CC.CC.Cc1ccc2[nH]c3c(c2c1)CCNC3. The first-order valence-electron chi connectivity index (χ1n) is 7.15. The van der Waals surface area contributed by atoms with E-state index in [1.165, 1.54) is 27.7 Å². The molecular weight excluding hydrogens is 220 g/mol. The zero-order valence-corrected chi connectivity index (χ0v) is 12.4. The van der Waals surface area contributed by atoms with Crippen LogP contribution in [0.1, 0.15) is 44.5 Å². The van der Waals surface area contributed by atoms with Crippen LogP contribution in [0.25, 0.3) is 10.9 Å². The number of fused-ring (bicyclic) bond motifs is 3. The molecule has 0 radical (unpaired) electrons. The lowest BCUT2D eigenvalue weighted by Gasteiger charge is -2.12. The van der Waals surface area contributed by atoms with Gasteiger partial charge < -0.3 is 10.3 Å². The minimum absolute atomic E-state index is 0.989. The molecule has 0 fully saturated rings. The average Bonchev–Trinajstić information content (AvgIpc) is 2.81. The van der Waals surface area contributed by atoms with Gasteiger partial charge in [0.25, 0.3) is 0 Å². The Morgan fingerprint density at radius 2 is 1.78 bits per heavy atom. The zero-order chi connectivity index (χ0) is 13.5. The van der Waals surface area contributed by atoms with Crippen LogP contribution in [-0.4, -0.2) is 11.5 Å². The minimum atomic E-state index is 0.989. The van der Waals surface area contributed by atoms with E-state index in [1.807, 2.05) is 27.7 Å². The molecule has 2 aromatic rings. The molecular formula is C16H26N2. The van der Waals surface area contributed by atoms with Gasteiger partial charge in [0.05, 0.1) is 0 Å². The Bertz CT molecular complexity index is 483. The van der Waals surface area contributed by atoms with Gasteiger partial charge in [-0.3, -0.25) is 0 Å². The van der Waals surface area contributed by atoms with Gasteiger partial charge >= 0.3 is 0 Å². The highest BCUT2D eigenvalue weighted by molar-refractivity contribution is 5.85. The summed E-state index contributed by atoms with van der Waals surface area (Å²) in [5, 5.41) is 4.80. The van der Waals surface area contributed by atoms with E-state index in [1.54, 1.807) is 0 Å². The predicted molar refractivity (Wildman–Crippen MR) is 81.1 cm³/mol. The molecule has 1 aromatic heterocycles. The van der Waals surface area contributed by atoms with E-state index in [0.717, 1.165) is 19.5 Å². The molecule has 1 aliphatic rings. The first kappa shape index (κ1) is 14.8. The van der Waals surface area contributed by atoms with E-state index in [-0.39, 0.29) is 0 Å². The molecule has 0 spiro atoms. The van der Waals surface area contributed by atoms with Crippen molar-refractivity contribution in [1.29, 1.82) is 0 Å². The van der Waals surface area contributed by atoms with E-state index in [2.05, 4.69) is 35.4 Å². The Labute approximate surface area is 111 Å². The zero-order valence-electron chi connectivity index (χ0n) is 12.4. The number of aromatic amines is 1. The summed E-state index contributed by atoms with van der Waals surface area (Å²) < 4.78 is 0. The molecule has 0 saturated heterocycles. The van der Waals surface area contributed by atoms with Crippen LogP contribution >= 0.6 is 0 Å². The highest BCUT2D eigenvalue weighted by Gasteiger charge is 2.14. The molecule has 2 N–H and O–H groups in total. The fourth-order valence-electron chi connectivity index (χ4n) is 2.28. The molecule has 18 heavy (non-hydrogen) atoms. The van der Waals surface area contributed by atoms with E-state index < -0.39 is 0 Å². The number of benzene rings is 1. The number of aryl methyl sites for hydroxylation is 1. The van der Waals surface area contributed by atoms with Gasteiger partial charge in [0.1, 0.15) is 0 Å². The normalized spacial score (nSPS) is 12.9. The van der Waals surface area contributed by atoms with Crippen molar-refractivity contribution in [2.45, 2.75) is 47.6 Å². The Morgan fingerprint density at radius 3 is 2.50 bits per heavy atom. The lowest BCUT2D eigenvalue weighted by molar-refractivity contribution is 0.637. The Balaban J connectivity index is 0.000000371. The second-order valence-corrected chi connectivity index (χ2v) is 4.06. The summed E-state index contributed by atoms with van der Waals surface area (Å²) in [6, 6.07) is 6.64. The average molecular weight is 246 g/mol. The third-order valence-corrected chi connectivity index (χ3v) is 3.00.